The lowest BCUT2D eigenvalue weighted by molar-refractivity contribution is 0.00759. The normalized spacial score (nSPS) is 20.8. The van der Waals surface area contributed by atoms with Gasteiger partial charge in [0.05, 0.1) is 12.9 Å². The van der Waals surface area contributed by atoms with Crippen molar-refractivity contribution in [3.8, 4) is 0 Å². The van der Waals surface area contributed by atoms with Crippen molar-refractivity contribution in [2.24, 2.45) is 0 Å². The molecule has 1 amide bonds. The van der Waals surface area contributed by atoms with Crippen LogP contribution in [0.5, 0.6) is 0 Å². The highest BCUT2D eigenvalue weighted by Gasteiger charge is 2.30. The van der Waals surface area contributed by atoms with E-state index in [0.29, 0.717) is 13.0 Å². The van der Waals surface area contributed by atoms with Crippen molar-refractivity contribution in [3.05, 3.63) is 0 Å². The minimum Gasteiger partial charge on any atom is -0.444 e. The molecule has 0 aromatic heterocycles. The Bertz CT molecular complexity index is 427. The van der Waals surface area contributed by atoms with E-state index in [4.69, 9.17) is 8.92 Å². The Kier molecular flexibility index (Phi) is 5.82. The molecule has 1 aliphatic rings. The molecule has 0 saturated carbocycles. The molecule has 0 aromatic rings. The molecule has 7 heteroatoms. The summed E-state index contributed by atoms with van der Waals surface area (Å²) in [6.07, 6.45) is 4.03. The number of ether oxygens (including phenoxy) is 1. The monoisotopic (exact) mass is 307 g/mol. The molecule has 1 atom stereocenters. The lowest BCUT2D eigenvalue weighted by Crippen LogP contribution is -2.46. The Labute approximate surface area is 121 Å². The number of hydrogen-bond donors (Lipinski definition) is 0. The third-order valence-corrected chi connectivity index (χ3v) is 3.60. The highest BCUT2D eigenvalue weighted by Crippen LogP contribution is 2.22. The Morgan fingerprint density at radius 1 is 1.30 bits per heavy atom. The second kappa shape index (κ2) is 6.76. The zero-order chi connectivity index (χ0) is 15.4. The van der Waals surface area contributed by atoms with Crippen LogP contribution < -0.4 is 0 Å². The highest BCUT2D eigenvalue weighted by molar-refractivity contribution is 7.85. The fraction of sp³-hybridized carbons (Fsp3) is 0.923. The summed E-state index contributed by atoms with van der Waals surface area (Å²) in [5.74, 6) is 0. The van der Waals surface area contributed by atoms with Crippen LogP contribution in [0, 0.1) is 0 Å². The van der Waals surface area contributed by atoms with Crippen LogP contribution in [0.15, 0.2) is 0 Å². The molecular formula is C13H25NO5S. The number of hydrogen-bond acceptors (Lipinski definition) is 5. The van der Waals surface area contributed by atoms with Gasteiger partial charge in [0.25, 0.3) is 10.1 Å². The van der Waals surface area contributed by atoms with E-state index in [-0.39, 0.29) is 18.7 Å². The van der Waals surface area contributed by atoms with Crippen molar-refractivity contribution >= 4 is 16.2 Å². The molecule has 20 heavy (non-hydrogen) atoms. The summed E-state index contributed by atoms with van der Waals surface area (Å²) in [7, 11) is -3.43. The molecule has 0 aromatic carbocycles. The number of likely N-dealkylation sites (tertiary alicyclic amines) is 1. The summed E-state index contributed by atoms with van der Waals surface area (Å²) in [6, 6.07) is -0.0136. The molecule has 1 aliphatic heterocycles. The van der Waals surface area contributed by atoms with Gasteiger partial charge >= 0.3 is 6.09 Å². The van der Waals surface area contributed by atoms with Gasteiger partial charge in [0, 0.05) is 12.6 Å². The number of carbonyl (C=O) groups excluding carboxylic acids is 1. The van der Waals surface area contributed by atoms with E-state index >= 15 is 0 Å². The standard InChI is InChI=1S/C13H25NO5S/c1-13(2,3)19-12(15)14-9-6-5-7-11(14)8-10-18-20(4,16)17/h11H,5-10H2,1-4H3/t11-/m0/s1. The predicted molar refractivity (Wildman–Crippen MR) is 76.0 cm³/mol. The van der Waals surface area contributed by atoms with Crippen molar-refractivity contribution in [3.63, 3.8) is 0 Å². The van der Waals surface area contributed by atoms with E-state index < -0.39 is 15.7 Å². The minimum absolute atomic E-state index is 0.0136. The highest BCUT2D eigenvalue weighted by atomic mass is 32.2. The summed E-state index contributed by atoms with van der Waals surface area (Å²) in [6.45, 7) is 6.24. The third kappa shape index (κ3) is 6.56. The average Bonchev–Trinajstić information content (AvgIpc) is 2.25. The smallest absolute Gasteiger partial charge is 0.410 e. The first-order chi connectivity index (χ1) is 9.08. The van der Waals surface area contributed by atoms with Gasteiger partial charge in [-0.25, -0.2) is 4.79 Å². The summed E-state index contributed by atoms with van der Waals surface area (Å²) < 4.78 is 32.0. The summed E-state index contributed by atoms with van der Waals surface area (Å²) in [5, 5.41) is 0. The van der Waals surface area contributed by atoms with Crippen molar-refractivity contribution in [2.45, 2.75) is 58.1 Å². The van der Waals surface area contributed by atoms with Gasteiger partial charge in [0.15, 0.2) is 0 Å². The maximum absolute atomic E-state index is 12.1. The second-order valence-corrected chi connectivity index (χ2v) is 7.78. The van der Waals surface area contributed by atoms with E-state index in [0.717, 1.165) is 25.5 Å². The first-order valence-corrected chi connectivity index (χ1v) is 8.74. The van der Waals surface area contributed by atoms with Crippen LogP contribution in [0.2, 0.25) is 0 Å². The molecule has 0 N–H and O–H groups in total. The van der Waals surface area contributed by atoms with Gasteiger partial charge in [0.1, 0.15) is 5.60 Å². The van der Waals surface area contributed by atoms with Crippen LogP contribution in [0.4, 0.5) is 4.79 Å². The molecule has 0 aliphatic carbocycles. The molecule has 118 valence electrons. The number of piperidine rings is 1. The topological polar surface area (TPSA) is 72.9 Å². The lowest BCUT2D eigenvalue weighted by atomic mass is 10.0. The fourth-order valence-electron chi connectivity index (χ4n) is 2.20. The SMILES string of the molecule is CC(C)(C)OC(=O)N1CCCC[C@H]1CCOS(C)(=O)=O. The molecule has 1 saturated heterocycles. The number of rotatable bonds is 4. The van der Waals surface area contributed by atoms with Crippen molar-refractivity contribution in [1.29, 1.82) is 0 Å². The van der Waals surface area contributed by atoms with Crippen LogP contribution in [-0.4, -0.2) is 50.5 Å². The Hall–Kier alpha value is -0.820. The maximum Gasteiger partial charge on any atom is 0.410 e. The molecule has 0 radical (unpaired) electrons. The molecule has 0 bridgehead atoms. The summed E-state index contributed by atoms with van der Waals surface area (Å²) in [4.78, 5) is 13.8. The Balaban J connectivity index is 2.56. The van der Waals surface area contributed by atoms with Crippen LogP contribution in [0.3, 0.4) is 0 Å². The second-order valence-electron chi connectivity index (χ2n) is 6.14. The lowest BCUT2D eigenvalue weighted by Gasteiger charge is -2.36. The van der Waals surface area contributed by atoms with E-state index in [1.807, 2.05) is 20.8 Å². The van der Waals surface area contributed by atoms with Crippen LogP contribution in [0.1, 0.15) is 46.5 Å². The number of nitrogens with zero attached hydrogens (tertiary/aromatic N) is 1. The average molecular weight is 307 g/mol. The summed E-state index contributed by atoms with van der Waals surface area (Å²) >= 11 is 0. The van der Waals surface area contributed by atoms with Gasteiger partial charge in [-0.15, -0.1) is 0 Å². The van der Waals surface area contributed by atoms with E-state index in [2.05, 4.69) is 0 Å². The van der Waals surface area contributed by atoms with Gasteiger partial charge in [-0.2, -0.15) is 8.42 Å². The zero-order valence-electron chi connectivity index (χ0n) is 12.7. The van der Waals surface area contributed by atoms with Crippen LogP contribution in [-0.2, 0) is 19.0 Å². The Morgan fingerprint density at radius 3 is 2.50 bits per heavy atom. The van der Waals surface area contributed by atoms with E-state index in [9.17, 15) is 13.2 Å². The number of amides is 1. The fourth-order valence-corrected chi connectivity index (χ4v) is 2.60. The third-order valence-electron chi connectivity index (χ3n) is 3.00. The number of carbonyl (C=O) groups is 1. The van der Waals surface area contributed by atoms with Gasteiger partial charge in [-0.3, -0.25) is 4.18 Å². The maximum atomic E-state index is 12.1. The van der Waals surface area contributed by atoms with Crippen molar-refractivity contribution in [1.82, 2.24) is 4.90 Å². The molecule has 1 rings (SSSR count). The quantitative estimate of drug-likeness (QED) is 0.744. The van der Waals surface area contributed by atoms with E-state index in [1.165, 1.54) is 0 Å². The molecule has 1 fully saturated rings. The Morgan fingerprint density at radius 2 is 1.95 bits per heavy atom. The minimum atomic E-state index is -3.43. The van der Waals surface area contributed by atoms with Gasteiger partial charge in [-0.05, 0) is 46.5 Å². The van der Waals surface area contributed by atoms with Crippen LogP contribution >= 0.6 is 0 Å². The van der Waals surface area contributed by atoms with Gasteiger partial charge < -0.3 is 9.64 Å². The van der Waals surface area contributed by atoms with Crippen molar-refractivity contribution < 1.29 is 22.1 Å². The molecule has 6 nitrogen and oxygen atoms in total. The van der Waals surface area contributed by atoms with Crippen molar-refractivity contribution in [2.75, 3.05) is 19.4 Å². The first-order valence-electron chi connectivity index (χ1n) is 6.92. The van der Waals surface area contributed by atoms with Crippen LogP contribution in [0.25, 0.3) is 0 Å². The zero-order valence-corrected chi connectivity index (χ0v) is 13.5. The molecule has 0 spiro atoms. The van der Waals surface area contributed by atoms with Gasteiger partial charge in [0.2, 0.25) is 0 Å². The van der Waals surface area contributed by atoms with E-state index in [1.54, 1.807) is 4.90 Å². The first kappa shape index (κ1) is 17.2. The largest absolute Gasteiger partial charge is 0.444 e. The van der Waals surface area contributed by atoms with Gasteiger partial charge in [-0.1, -0.05) is 0 Å². The molecule has 1 heterocycles. The summed E-state index contributed by atoms with van der Waals surface area (Å²) in [5.41, 5.74) is -0.525. The predicted octanol–water partition coefficient (Wildman–Crippen LogP) is 2.14. The molecular weight excluding hydrogens is 282 g/mol. The molecule has 0 unspecified atom stereocenters.